The maximum Gasteiger partial charge on any atom is 0.291 e. The van der Waals surface area contributed by atoms with E-state index in [1.807, 2.05) is 17.2 Å². The summed E-state index contributed by atoms with van der Waals surface area (Å²) in [5.74, 6) is 0.266. The number of ketones is 1. The SMILES string of the molecule is CC(=O)c1c(C2C[C@H]3CC[C@@H](C2)N3C(=O)c2ncn[nH]2)nc2c(-c3ccc(C4CCCN4)nc3)cnn2c1N. The molecule has 200 valence electrons. The van der Waals surface area contributed by atoms with Crippen molar-refractivity contribution in [1.29, 1.82) is 0 Å². The number of pyridine rings is 1. The number of hydrogen-bond acceptors (Lipinski definition) is 9. The molecule has 12 nitrogen and oxygen atoms in total. The zero-order valence-corrected chi connectivity index (χ0v) is 21.7. The number of amides is 1. The number of H-pyrrole nitrogens is 1. The summed E-state index contributed by atoms with van der Waals surface area (Å²) in [6.07, 6.45) is 10.4. The second-order valence-corrected chi connectivity index (χ2v) is 10.8. The van der Waals surface area contributed by atoms with Crippen LogP contribution in [0.1, 0.15) is 89.8 Å². The van der Waals surface area contributed by atoms with Gasteiger partial charge >= 0.3 is 0 Å². The molecule has 0 radical (unpaired) electrons. The van der Waals surface area contributed by atoms with Crippen molar-refractivity contribution in [3.8, 4) is 11.1 Å². The van der Waals surface area contributed by atoms with Crippen LogP contribution in [0.15, 0.2) is 30.9 Å². The Kier molecular flexibility index (Phi) is 5.65. The number of nitrogens with one attached hydrogen (secondary N) is 2. The van der Waals surface area contributed by atoms with Gasteiger partial charge in [0.25, 0.3) is 5.91 Å². The Morgan fingerprint density at radius 3 is 2.54 bits per heavy atom. The molecule has 7 heterocycles. The molecular weight excluding hydrogens is 496 g/mol. The molecule has 3 aliphatic heterocycles. The van der Waals surface area contributed by atoms with E-state index in [4.69, 9.17) is 15.7 Å². The van der Waals surface area contributed by atoms with Gasteiger partial charge in [-0.1, -0.05) is 6.07 Å². The van der Waals surface area contributed by atoms with Gasteiger partial charge in [-0.05, 0) is 58.1 Å². The Morgan fingerprint density at radius 1 is 1.08 bits per heavy atom. The van der Waals surface area contributed by atoms with Gasteiger partial charge in [-0.25, -0.2) is 9.97 Å². The van der Waals surface area contributed by atoms with Gasteiger partial charge in [0.2, 0.25) is 5.82 Å². The fourth-order valence-corrected chi connectivity index (χ4v) is 6.76. The summed E-state index contributed by atoms with van der Waals surface area (Å²) in [5, 5.41) is 14.5. The van der Waals surface area contributed by atoms with Crippen LogP contribution in [0.4, 0.5) is 5.82 Å². The molecule has 0 aliphatic carbocycles. The summed E-state index contributed by atoms with van der Waals surface area (Å²) < 4.78 is 1.55. The summed E-state index contributed by atoms with van der Waals surface area (Å²) in [5.41, 5.74) is 11.0. The molecule has 2 bridgehead atoms. The molecule has 2 unspecified atom stereocenters. The van der Waals surface area contributed by atoms with Crippen LogP contribution in [-0.2, 0) is 0 Å². The predicted molar refractivity (Wildman–Crippen MR) is 142 cm³/mol. The molecule has 0 spiro atoms. The molecule has 4 atom stereocenters. The van der Waals surface area contributed by atoms with Crippen LogP contribution in [0.25, 0.3) is 16.8 Å². The molecule has 3 aliphatic rings. The molecule has 0 saturated carbocycles. The van der Waals surface area contributed by atoms with E-state index in [2.05, 4.69) is 31.7 Å². The summed E-state index contributed by atoms with van der Waals surface area (Å²) in [7, 11) is 0. The van der Waals surface area contributed by atoms with Gasteiger partial charge in [0.05, 0.1) is 23.1 Å². The average molecular weight is 527 g/mol. The molecule has 1 amide bonds. The fraction of sp³-hybridized carbons (Fsp3) is 0.444. The van der Waals surface area contributed by atoms with Crippen LogP contribution in [0.5, 0.6) is 0 Å². The van der Waals surface area contributed by atoms with Crippen LogP contribution in [0.3, 0.4) is 0 Å². The Bertz CT molecular complexity index is 1540. The summed E-state index contributed by atoms with van der Waals surface area (Å²) in [6.45, 7) is 2.53. The molecule has 7 rings (SSSR count). The molecule has 39 heavy (non-hydrogen) atoms. The summed E-state index contributed by atoms with van der Waals surface area (Å²) in [4.78, 5) is 41.8. The number of nitrogens with two attached hydrogens (primary N) is 1. The number of rotatable bonds is 5. The third kappa shape index (κ3) is 3.89. The van der Waals surface area contributed by atoms with Gasteiger partial charge in [-0.3, -0.25) is 19.7 Å². The van der Waals surface area contributed by atoms with Crippen LogP contribution in [0, 0.1) is 0 Å². The lowest BCUT2D eigenvalue weighted by Gasteiger charge is -2.38. The minimum absolute atomic E-state index is 0.0100. The summed E-state index contributed by atoms with van der Waals surface area (Å²) >= 11 is 0. The number of fused-ring (bicyclic) bond motifs is 3. The second-order valence-electron chi connectivity index (χ2n) is 10.8. The highest BCUT2D eigenvalue weighted by molar-refractivity contribution is 6.00. The number of nitrogens with zero attached hydrogens (tertiary/aromatic N) is 7. The van der Waals surface area contributed by atoms with Crippen molar-refractivity contribution in [2.75, 3.05) is 12.3 Å². The van der Waals surface area contributed by atoms with Crippen molar-refractivity contribution >= 4 is 23.2 Å². The van der Waals surface area contributed by atoms with Crippen molar-refractivity contribution in [3.05, 3.63) is 53.6 Å². The fourth-order valence-electron chi connectivity index (χ4n) is 6.76. The first-order valence-electron chi connectivity index (χ1n) is 13.6. The first-order valence-corrected chi connectivity index (χ1v) is 13.6. The number of aromatic nitrogens is 7. The zero-order valence-electron chi connectivity index (χ0n) is 21.7. The molecule has 4 aromatic heterocycles. The Balaban J connectivity index is 1.25. The Labute approximate surface area is 224 Å². The van der Waals surface area contributed by atoms with E-state index in [1.54, 1.807) is 10.7 Å². The van der Waals surface area contributed by atoms with E-state index in [9.17, 15) is 9.59 Å². The topological polar surface area (TPSA) is 160 Å². The quantitative estimate of drug-likeness (QED) is 0.332. The molecule has 3 saturated heterocycles. The minimum atomic E-state index is -0.142. The smallest absolute Gasteiger partial charge is 0.291 e. The van der Waals surface area contributed by atoms with E-state index in [1.165, 1.54) is 13.3 Å². The average Bonchev–Trinajstić information content (AvgIpc) is 3.75. The number of aromatic amines is 1. The Hall–Kier alpha value is -4.19. The molecule has 0 aromatic carbocycles. The number of piperidine rings is 1. The standard InChI is InChI=1S/C27H30N10O2/c1-14(38)22-23(16-9-17-5-6-18(10-16)36(17)27(39)25-31-13-32-35-25)34-26-19(12-33-37(26)24(22)28)15-4-7-21(30-11-15)20-3-2-8-29-20/h4,7,11-13,16-18,20,29H,2-3,5-6,8-10,28H2,1H3,(H,31,32,35)/t16?,17-,18+,20?. The molecule has 4 N–H and O–H groups in total. The lowest BCUT2D eigenvalue weighted by molar-refractivity contribution is 0.0556. The van der Waals surface area contributed by atoms with Gasteiger partial charge in [-0.2, -0.15) is 14.7 Å². The lowest BCUT2D eigenvalue weighted by atomic mass is 9.85. The second kappa shape index (κ2) is 9.23. The van der Waals surface area contributed by atoms with Gasteiger partial charge in [-0.15, -0.1) is 0 Å². The number of carbonyl (C=O) groups excluding carboxylic acids is 2. The van der Waals surface area contributed by atoms with E-state index in [0.29, 0.717) is 41.6 Å². The largest absolute Gasteiger partial charge is 0.383 e. The highest BCUT2D eigenvalue weighted by Crippen LogP contribution is 2.45. The monoisotopic (exact) mass is 526 g/mol. The van der Waals surface area contributed by atoms with Crippen molar-refractivity contribution < 1.29 is 9.59 Å². The number of hydrogen-bond donors (Lipinski definition) is 3. The third-order valence-electron chi connectivity index (χ3n) is 8.55. The maximum atomic E-state index is 13.1. The van der Waals surface area contributed by atoms with Crippen LogP contribution in [-0.4, -0.2) is 70.0 Å². The number of carbonyl (C=O) groups is 2. The predicted octanol–water partition coefficient (Wildman–Crippen LogP) is 2.67. The van der Waals surface area contributed by atoms with Crippen LogP contribution in [0.2, 0.25) is 0 Å². The maximum absolute atomic E-state index is 13.1. The zero-order chi connectivity index (χ0) is 26.7. The molecule has 3 fully saturated rings. The first-order chi connectivity index (χ1) is 19.0. The number of anilines is 1. The number of nitrogen functional groups attached to an aromatic ring is 1. The molecule has 4 aromatic rings. The van der Waals surface area contributed by atoms with Gasteiger partial charge in [0.1, 0.15) is 12.1 Å². The lowest BCUT2D eigenvalue weighted by Crippen LogP contribution is -2.46. The van der Waals surface area contributed by atoms with Crippen LogP contribution >= 0.6 is 0 Å². The van der Waals surface area contributed by atoms with Crippen molar-refractivity contribution in [1.82, 2.24) is 45.0 Å². The third-order valence-corrected chi connectivity index (χ3v) is 8.55. The highest BCUT2D eigenvalue weighted by Gasteiger charge is 2.45. The van der Waals surface area contributed by atoms with Gasteiger partial charge in [0.15, 0.2) is 11.4 Å². The van der Waals surface area contributed by atoms with Gasteiger partial charge < -0.3 is 16.0 Å². The van der Waals surface area contributed by atoms with Crippen LogP contribution < -0.4 is 11.1 Å². The van der Waals surface area contributed by atoms with E-state index < -0.39 is 0 Å². The highest BCUT2D eigenvalue weighted by atomic mass is 16.2. The number of Topliss-reactive ketones (excluding diaryl/α,β-unsaturated/α-hetero) is 1. The van der Waals surface area contributed by atoms with E-state index in [-0.39, 0.29) is 35.5 Å². The van der Waals surface area contributed by atoms with E-state index in [0.717, 1.165) is 49.0 Å². The van der Waals surface area contributed by atoms with Crippen molar-refractivity contribution in [3.63, 3.8) is 0 Å². The first kappa shape index (κ1) is 23.9. The minimum Gasteiger partial charge on any atom is -0.383 e. The molecular formula is C27H30N10O2. The van der Waals surface area contributed by atoms with Crippen molar-refractivity contribution in [2.24, 2.45) is 0 Å². The summed E-state index contributed by atoms with van der Waals surface area (Å²) in [6, 6.07) is 4.46. The normalized spacial score (nSPS) is 24.5. The van der Waals surface area contributed by atoms with Crippen molar-refractivity contribution in [2.45, 2.75) is 69.5 Å². The molecule has 12 heteroatoms. The van der Waals surface area contributed by atoms with Gasteiger partial charge in [0, 0.05) is 41.4 Å². The van der Waals surface area contributed by atoms with E-state index >= 15 is 0 Å². The Morgan fingerprint density at radius 2 is 1.90 bits per heavy atom.